The van der Waals surface area contributed by atoms with Crippen molar-refractivity contribution in [2.75, 3.05) is 12.8 Å². The highest BCUT2D eigenvalue weighted by Gasteiger charge is 2.21. The van der Waals surface area contributed by atoms with Gasteiger partial charge in [-0.1, -0.05) is 22.0 Å². The van der Waals surface area contributed by atoms with Crippen LogP contribution < -0.4 is 10.5 Å². The first-order chi connectivity index (χ1) is 12.7. The summed E-state index contributed by atoms with van der Waals surface area (Å²) < 4.78 is 12.0. The first-order valence-electron chi connectivity index (χ1n) is 7.47. The van der Waals surface area contributed by atoms with Gasteiger partial charge in [-0.15, -0.1) is 5.10 Å². The van der Waals surface area contributed by atoms with Crippen molar-refractivity contribution >= 4 is 17.4 Å². The summed E-state index contributed by atoms with van der Waals surface area (Å²) in [5, 5.41) is 12.5. The third kappa shape index (κ3) is 2.74. The molecule has 0 saturated carbocycles. The largest absolute Gasteiger partial charge is 0.494 e. The molecule has 0 amide bonds. The summed E-state index contributed by atoms with van der Waals surface area (Å²) >= 11 is 6.07. The number of halogens is 1. The molecule has 9 nitrogen and oxygen atoms in total. The molecule has 0 radical (unpaired) electrons. The van der Waals surface area contributed by atoms with Crippen LogP contribution in [0, 0.1) is 0 Å². The van der Waals surface area contributed by atoms with Gasteiger partial charge in [0.15, 0.2) is 11.5 Å². The highest BCUT2D eigenvalue weighted by molar-refractivity contribution is 6.30. The van der Waals surface area contributed by atoms with E-state index in [0.29, 0.717) is 27.8 Å². The van der Waals surface area contributed by atoms with Gasteiger partial charge in [0.05, 0.1) is 7.11 Å². The van der Waals surface area contributed by atoms with Gasteiger partial charge < -0.3 is 15.0 Å². The number of ether oxygens (including phenoxy) is 1. The van der Waals surface area contributed by atoms with Crippen molar-refractivity contribution in [3.63, 3.8) is 0 Å². The first kappa shape index (κ1) is 16.0. The predicted octanol–water partition coefficient (Wildman–Crippen LogP) is 2.62. The second-order valence-corrected chi connectivity index (χ2v) is 5.65. The quantitative estimate of drug-likeness (QED) is 0.583. The van der Waals surface area contributed by atoms with Crippen molar-refractivity contribution in [3.8, 4) is 34.4 Å². The topological polar surface area (TPSA) is 118 Å². The van der Waals surface area contributed by atoms with Crippen LogP contribution in [0.5, 0.6) is 5.75 Å². The lowest BCUT2D eigenvalue weighted by atomic mass is 10.3. The van der Waals surface area contributed by atoms with Crippen LogP contribution in [0.1, 0.15) is 0 Å². The summed E-state index contributed by atoms with van der Waals surface area (Å²) in [6.45, 7) is 0. The third-order valence-electron chi connectivity index (χ3n) is 3.62. The molecule has 0 saturated heterocycles. The van der Waals surface area contributed by atoms with Gasteiger partial charge in [-0.2, -0.15) is 9.67 Å². The molecular weight excluding hydrogens is 358 g/mol. The number of rotatable bonds is 4. The Bertz CT molecular complexity index is 1060. The minimum absolute atomic E-state index is 0.147. The van der Waals surface area contributed by atoms with Crippen molar-refractivity contribution in [1.29, 1.82) is 0 Å². The fourth-order valence-corrected chi connectivity index (χ4v) is 2.55. The summed E-state index contributed by atoms with van der Waals surface area (Å²) in [4.78, 5) is 8.33. The Balaban J connectivity index is 1.75. The van der Waals surface area contributed by atoms with Gasteiger partial charge in [-0.3, -0.25) is 4.98 Å². The minimum Gasteiger partial charge on any atom is -0.494 e. The van der Waals surface area contributed by atoms with Gasteiger partial charge in [0, 0.05) is 23.0 Å². The molecule has 4 aromatic rings. The number of anilines is 1. The minimum atomic E-state index is 0.147. The molecule has 0 atom stereocenters. The fourth-order valence-electron chi connectivity index (χ4n) is 2.38. The van der Waals surface area contributed by atoms with Crippen molar-refractivity contribution in [1.82, 2.24) is 30.1 Å². The number of benzene rings is 1. The van der Waals surface area contributed by atoms with Crippen LogP contribution in [-0.4, -0.2) is 37.2 Å². The molecule has 0 aliphatic carbocycles. The molecule has 3 aromatic heterocycles. The molecule has 4 rings (SSSR count). The number of nitrogens with zero attached hydrogens (tertiary/aromatic N) is 6. The van der Waals surface area contributed by atoms with E-state index in [1.165, 1.54) is 4.68 Å². The molecule has 130 valence electrons. The summed E-state index contributed by atoms with van der Waals surface area (Å²) in [6.07, 6.45) is 3.29. The Morgan fingerprint density at radius 3 is 2.92 bits per heavy atom. The zero-order chi connectivity index (χ0) is 18.1. The van der Waals surface area contributed by atoms with Crippen LogP contribution in [0.25, 0.3) is 28.7 Å². The van der Waals surface area contributed by atoms with Crippen molar-refractivity contribution in [2.24, 2.45) is 0 Å². The lowest BCUT2D eigenvalue weighted by Gasteiger charge is -2.09. The average Bonchev–Trinajstić information content (AvgIpc) is 3.29. The summed E-state index contributed by atoms with van der Waals surface area (Å²) in [5.41, 5.74) is 7.70. The molecule has 0 fully saturated rings. The summed E-state index contributed by atoms with van der Waals surface area (Å²) in [6, 6.07) is 8.69. The van der Waals surface area contributed by atoms with E-state index >= 15 is 0 Å². The van der Waals surface area contributed by atoms with E-state index in [9.17, 15) is 0 Å². The van der Waals surface area contributed by atoms with Crippen LogP contribution in [-0.2, 0) is 0 Å². The molecule has 0 unspecified atom stereocenters. The van der Waals surface area contributed by atoms with E-state index in [1.54, 1.807) is 43.8 Å². The SMILES string of the molecule is COc1ccc(Cl)cc1-n1nnc(-c2nc(-c3cccnc3)no2)c1N. The number of nitrogen functional groups attached to an aromatic ring is 1. The highest BCUT2D eigenvalue weighted by atomic mass is 35.5. The highest BCUT2D eigenvalue weighted by Crippen LogP contribution is 2.31. The van der Waals surface area contributed by atoms with Gasteiger partial charge in [0.25, 0.3) is 5.89 Å². The van der Waals surface area contributed by atoms with Gasteiger partial charge in [-0.25, -0.2) is 0 Å². The predicted molar refractivity (Wildman–Crippen MR) is 93.9 cm³/mol. The lowest BCUT2D eigenvalue weighted by Crippen LogP contribution is -2.04. The van der Waals surface area contributed by atoms with E-state index < -0.39 is 0 Å². The molecule has 3 heterocycles. The van der Waals surface area contributed by atoms with Crippen molar-refractivity contribution in [2.45, 2.75) is 0 Å². The number of aromatic nitrogens is 6. The second kappa shape index (κ2) is 6.45. The molecule has 0 bridgehead atoms. The van der Waals surface area contributed by atoms with E-state index in [4.69, 9.17) is 26.6 Å². The van der Waals surface area contributed by atoms with Gasteiger partial charge >= 0.3 is 0 Å². The summed E-state index contributed by atoms with van der Waals surface area (Å²) in [7, 11) is 1.54. The Morgan fingerprint density at radius 2 is 2.15 bits per heavy atom. The Hall–Kier alpha value is -3.46. The number of methoxy groups -OCH3 is 1. The standard InChI is InChI=1S/C16H12ClN7O2/c1-25-12-5-4-10(17)7-11(12)24-14(18)13(21-23-24)16-20-15(22-26-16)9-3-2-6-19-8-9/h2-8H,18H2,1H3. The Labute approximate surface area is 152 Å². The average molecular weight is 370 g/mol. The van der Waals surface area contributed by atoms with E-state index in [2.05, 4.69) is 25.4 Å². The van der Waals surface area contributed by atoms with Crippen molar-refractivity contribution in [3.05, 3.63) is 47.7 Å². The van der Waals surface area contributed by atoms with Crippen LogP contribution in [0.3, 0.4) is 0 Å². The summed E-state index contributed by atoms with van der Waals surface area (Å²) in [5.74, 6) is 1.28. The van der Waals surface area contributed by atoms with Gasteiger partial charge in [0.2, 0.25) is 5.82 Å². The fraction of sp³-hybridized carbons (Fsp3) is 0.0625. The van der Waals surface area contributed by atoms with Crippen LogP contribution in [0.4, 0.5) is 5.82 Å². The van der Waals surface area contributed by atoms with Crippen LogP contribution >= 0.6 is 11.6 Å². The van der Waals surface area contributed by atoms with Gasteiger partial charge in [-0.05, 0) is 30.3 Å². The molecule has 0 aliphatic heterocycles. The van der Waals surface area contributed by atoms with Crippen LogP contribution in [0.2, 0.25) is 5.02 Å². The van der Waals surface area contributed by atoms with E-state index in [0.717, 1.165) is 0 Å². The Morgan fingerprint density at radius 1 is 1.27 bits per heavy atom. The number of pyridine rings is 1. The normalized spacial score (nSPS) is 10.8. The number of nitrogens with two attached hydrogens (primary N) is 1. The first-order valence-corrected chi connectivity index (χ1v) is 7.84. The molecule has 1 aromatic carbocycles. The van der Waals surface area contributed by atoms with E-state index in [-0.39, 0.29) is 17.4 Å². The van der Waals surface area contributed by atoms with Crippen LogP contribution in [0.15, 0.2) is 47.2 Å². The third-order valence-corrected chi connectivity index (χ3v) is 3.86. The molecule has 0 spiro atoms. The molecule has 2 N–H and O–H groups in total. The van der Waals surface area contributed by atoms with E-state index in [1.807, 2.05) is 6.07 Å². The second-order valence-electron chi connectivity index (χ2n) is 5.22. The molecular formula is C16H12ClN7O2. The maximum absolute atomic E-state index is 6.19. The molecule has 26 heavy (non-hydrogen) atoms. The smallest absolute Gasteiger partial charge is 0.282 e. The lowest BCUT2D eigenvalue weighted by molar-refractivity contribution is 0.411. The van der Waals surface area contributed by atoms with Crippen molar-refractivity contribution < 1.29 is 9.26 Å². The maximum Gasteiger partial charge on any atom is 0.282 e. The molecule has 0 aliphatic rings. The zero-order valence-corrected chi connectivity index (χ0v) is 14.3. The maximum atomic E-state index is 6.19. The zero-order valence-electron chi connectivity index (χ0n) is 13.5. The monoisotopic (exact) mass is 369 g/mol. The number of hydrogen-bond donors (Lipinski definition) is 1. The molecule has 10 heteroatoms. The van der Waals surface area contributed by atoms with Gasteiger partial charge in [0.1, 0.15) is 11.4 Å². The Kier molecular flexibility index (Phi) is 3.98. The number of hydrogen-bond acceptors (Lipinski definition) is 8.